The van der Waals surface area contributed by atoms with E-state index in [1.807, 2.05) is 27.7 Å². The molecule has 0 saturated heterocycles. The third-order valence-electron chi connectivity index (χ3n) is 4.22. The number of rotatable bonds is 3. The summed E-state index contributed by atoms with van der Waals surface area (Å²) in [7, 11) is 0. The summed E-state index contributed by atoms with van der Waals surface area (Å²) in [5, 5.41) is 14.8. The summed E-state index contributed by atoms with van der Waals surface area (Å²) in [5.41, 5.74) is 1.32. The maximum absolute atomic E-state index is 12.7. The Morgan fingerprint density at radius 2 is 1.83 bits per heavy atom. The highest BCUT2D eigenvalue weighted by Gasteiger charge is 2.34. The lowest BCUT2D eigenvalue weighted by molar-refractivity contribution is -0.149. The summed E-state index contributed by atoms with van der Waals surface area (Å²) in [6.45, 7) is 9.49. The second kappa shape index (κ2) is 6.55. The SMILES string of the molecule is CC1=C(C(=O)O[C@H](C)C(C)(C)C)[C@@H](c2ccc(O)cc2)NC(=O)N1. The summed E-state index contributed by atoms with van der Waals surface area (Å²) in [6.07, 6.45) is -0.289. The van der Waals surface area contributed by atoms with E-state index < -0.39 is 12.0 Å². The molecule has 0 bridgehead atoms. The van der Waals surface area contributed by atoms with Gasteiger partial charge in [0.25, 0.3) is 0 Å². The highest BCUT2D eigenvalue weighted by atomic mass is 16.5. The van der Waals surface area contributed by atoms with Gasteiger partial charge in [0.2, 0.25) is 0 Å². The fourth-order valence-corrected chi connectivity index (χ4v) is 2.28. The molecule has 1 aliphatic rings. The Morgan fingerprint density at radius 1 is 1.25 bits per heavy atom. The summed E-state index contributed by atoms with van der Waals surface area (Å²) < 4.78 is 5.60. The van der Waals surface area contributed by atoms with E-state index in [1.165, 1.54) is 12.1 Å². The van der Waals surface area contributed by atoms with E-state index in [0.717, 1.165) is 0 Å². The molecule has 1 aliphatic heterocycles. The minimum atomic E-state index is -0.626. The van der Waals surface area contributed by atoms with Gasteiger partial charge in [-0.2, -0.15) is 0 Å². The van der Waals surface area contributed by atoms with E-state index in [9.17, 15) is 14.7 Å². The molecule has 0 fully saturated rings. The summed E-state index contributed by atoms with van der Waals surface area (Å²) in [5.74, 6) is -0.356. The largest absolute Gasteiger partial charge is 0.508 e. The van der Waals surface area contributed by atoms with Crippen molar-refractivity contribution < 1.29 is 19.4 Å². The Labute approximate surface area is 141 Å². The van der Waals surface area contributed by atoms with Gasteiger partial charge in [0.05, 0.1) is 11.6 Å². The average molecular weight is 332 g/mol. The molecule has 0 spiro atoms. The number of aromatic hydroxyl groups is 1. The molecule has 1 aromatic rings. The fourth-order valence-electron chi connectivity index (χ4n) is 2.28. The van der Waals surface area contributed by atoms with Gasteiger partial charge in [-0.05, 0) is 37.0 Å². The Morgan fingerprint density at radius 3 is 2.38 bits per heavy atom. The fraction of sp³-hybridized carbons (Fsp3) is 0.444. The lowest BCUT2D eigenvalue weighted by Gasteiger charge is -2.31. The van der Waals surface area contributed by atoms with Crippen molar-refractivity contribution in [2.24, 2.45) is 5.41 Å². The lowest BCUT2D eigenvalue weighted by Crippen LogP contribution is -2.46. The minimum absolute atomic E-state index is 0.116. The van der Waals surface area contributed by atoms with Crippen molar-refractivity contribution in [2.45, 2.75) is 46.8 Å². The van der Waals surface area contributed by atoms with Crippen LogP contribution >= 0.6 is 0 Å². The third kappa shape index (κ3) is 3.88. The van der Waals surface area contributed by atoms with Crippen LogP contribution < -0.4 is 10.6 Å². The summed E-state index contributed by atoms with van der Waals surface area (Å²) in [4.78, 5) is 24.5. The summed E-state index contributed by atoms with van der Waals surface area (Å²) in [6, 6.07) is 5.35. The molecule has 130 valence electrons. The number of hydrogen-bond acceptors (Lipinski definition) is 4. The Bertz CT molecular complexity index is 671. The molecule has 0 radical (unpaired) electrons. The van der Waals surface area contributed by atoms with Crippen molar-refractivity contribution in [3.05, 3.63) is 41.1 Å². The van der Waals surface area contributed by atoms with E-state index in [4.69, 9.17) is 4.74 Å². The molecule has 0 unspecified atom stereocenters. The summed E-state index contributed by atoms with van der Waals surface area (Å²) >= 11 is 0. The lowest BCUT2D eigenvalue weighted by atomic mass is 9.90. The molecular weight excluding hydrogens is 308 g/mol. The zero-order valence-corrected chi connectivity index (χ0v) is 14.6. The molecule has 2 atom stereocenters. The molecule has 6 heteroatoms. The number of nitrogens with one attached hydrogen (secondary N) is 2. The van der Waals surface area contributed by atoms with Gasteiger partial charge in [0.15, 0.2) is 0 Å². The van der Waals surface area contributed by atoms with Crippen LogP contribution in [0, 0.1) is 5.41 Å². The van der Waals surface area contributed by atoms with Gasteiger partial charge in [0.1, 0.15) is 11.9 Å². The Balaban J connectivity index is 2.35. The highest BCUT2D eigenvalue weighted by molar-refractivity contribution is 5.95. The second-order valence-corrected chi connectivity index (χ2v) is 7.08. The number of amides is 2. The van der Waals surface area contributed by atoms with Gasteiger partial charge < -0.3 is 20.5 Å². The third-order valence-corrected chi connectivity index (χ3v) is 4.22. The van der Waals surface area contributed by atoms with Crippen LogP contribution in [0.2, 0.25) is 0 Å². The topological polar surface area (TPSA) is 87.7 Å². The van der Waals surface area contributed by atoms with Crippen LogP contribution in [0.4, 0.5) is 4.79 Å². The first kappa shape index (κ1) is 17.8. The molecule has 0 saturated carbocycles. The quantitative estimate of drug-likeness (QED) is 0.743. The number of carbonyl (C=O) groups excluding carboxylic acids is 2. The monoisotopic (exact) mass is 332 g/mol. The van der Waals surface area contributed by atoms with E-state index in [0.29, 0.717) is 16.8 Å². The maximum Gasteiger partial charge on any atom is 0.338 e. The zero-order valence-electron chi connectivity index (χ0n) is 14.6. The standard InChI is InChI=1S/C18H24N2O4/c1-10-14(16(22)24-11(2)18(3,4)5)15(20-17(23)19-10)12-6-8-13(21)9-7-12/h6-9,11,15,21H,1-5H3,(H2,19,20,23)/t11-,15-/m1/s1. The van der Waals surface area contributed by atoms with Gasteiger partial charge in [-0.15, -0.1) is 0 Å². The predicted molar refractivity (Wildman–Crippen MR) is 90.2 cm³/mol. The van der Waals surface area contributed by atoms with Gasteiger partial charge in [0, 0.05) is 5.70 Å². The minimum Gasteiger partial charge on any atom is -0.508 e. The number of urea groups is 1. The van der Waals surface area contributed by atoms with Crippen LogP contribution in [0.15, 0.2) is 35.5 Å². The van der Waals surface area contributed by atoms with E-state index in [1.54, 1.807) is 19.1 Å². The number of carbonyl (C=O) groups is 2. The molecule has 2 amide bonds. The second-order valence-electron chi connectivity index (χ2n) is 7.08. The maximum atomic E-state index is 12.7. The number of phenols is 1. The van der Waals surface area contributed by atoms with E-state index in [-0.39, 0.29) is 23.3 Å². The van der Waals surface area contributed by atoms with E-state index >= 15 is 0 Å². The smallest absolute Gasteiger partial charge is 0.338 e. The van der Waals surface area contributed by atoms with Crippen molar-refractivity contribution >= 4 is 12.0 Å². The van der Waals surface area contributed by atoms with Gasteiger partial charge in [-0.25, -0.2) is 9.59 Å². The van der Waals surface area contributed by atoms with Gasteiger partial charge in [-0.3, -0.25) is 0 Å². The van der Waals surface area contributed by atoms with E-state index in [2.05, 4.69) is 10.6 Å². The highest BCUT2D eigenvalue weighted by Crippen LogP contribution is 2.30. The first-order chi connectivity index (χ1) is 11.1. The van der Waals surface area contributed by atoms with Crippen molar-refractivity contribution in [1.29, 1.82) is 0 Å². The molecule has 0 aliphatic carbocycles. The van der Waals surface area contributed by atoms with Crippen molar-refractivity contribution in [2.75, 3.05) is 0 Å². The van der Waals surface area contributed by atoms with Crippen LogP contribution in [0.1, 0.15) is 46.2 Å². The van der Waals surface area contributed by atoms with Crippen molar-refractivity contribution in [3.63, 3.8) is 0 Å². The number of esters is 1. The Hall–Kier alpha value is -2.50. The van der Waals surface area contributed by atoms with Crippen LogP contribution in [0.5, 0.6) is 5.75 Å². The number of ether oxygens (including phenoxy) is 1. The number of allylic oxidation sites excluding steroid dienone is 1. The average Bonchev–Trinajstić information content (AvgIpc) is 2.45. The molecule has 0 aromatic heterocycles. The van der Waals surface area contributed by atoms with Crippen molar-refractivity contribution in [3.8, 4) is 5.75 Å². The van der Waals surface area contributed by atoms with Crippen LogP contribution in [0.25, 0.3) is 0 Å². The Kier molecular flexibility index (Phi) is 4.87. The van der Waals surface area contributed by atoms with Gasteiger partial charge >= 0.3 is 12.0 Å². The number of hydrogen-bond donors (Lipinski definition) is 3. The number of benzene rings is 1. The van der Waals surface area contributed by atoms with Crippen LogP contribution in [-0.4, -0.2) is 23.2 Å². The number of phenolic OH excluding ortho intramolecular Hbond substituents is 1. The van der Waals surface area contributed by atoms with Crippen LogP contribution in [0.3, 0.4) is 0 Å². The van der Waals surface area contributed by atoms with Crippen LogP contribution in [-0.2, 0) is 9.53 Å². The molecule has 24 heavy (non-hydrogen) atoms. The zero-order chi connectivity index (χ0) is 18.1. The predicted octanol–water partition coefficient (Wildman–Crippen LogP) is 3.00. The van der Waals surface area contributed by atoms with Gasteiger partial charge in [-0.1, -0.05) is 32.9 Å². The normalized spacial score (nSPS) is 19.4. The molecule has 3 N–H and O–H groups in total. The molecule has 1 aromatic carbocycles. The molecule has 6 nitrogen and oxygen atoms in total. The molecular formula is C18H24N2O4. The first-order valence-corrected chi connectivity index (χ1v) is 7.88. The first-order valence-electron chi connectivity index (χ1n) is 7.88. The van der Waals surface area contributed by atoms with Crippen molar-refractivity contribution in [1.82, 2.24) is 10.6 Å². The molecule has 2 rings (SSSR count). The molecule has 1 heterocycles.